The molecule has 29 heavy (non-hydrogen) atoms. The zero-order valence-corrected chi connectivity index (χ0v) is 16.8. The largest absolute Gasteiger partial charge is 0.504 e. The van der Waals surface area contributed by atoms with E-state index >= 15 is 0 Å². The van der Waals surface area contributed by atoms with Gasteiger partial charge in [-0.2, -0.15) is 0 Å². The van der Waals surface area contributed by atoms with Gasteiger partial charge in [-0.3, -0.25) is 9.59 Å². The second-order valence-corrected chi connectivity index (χ2v) is 6.31. The molecule has 2 aromatic rings. The van der Waals surface area contributed by atoms with E-state index in [0.717, 1.165) is 5.56 Å². The van der Waals surface area contributed by atoms with Gasteiger partial charge in [0, 0.05) is 0 Å². The number of benzene rings is 2. The van der Waals surface area contributed by atoms with Gasteiger partial charge in [-0.25, -0.2) is 0 Å². The lowest BCUT2D eigenvalue weighted by molar-refractivity contribution is -0.138. The Kier molecular flexibility index (Phi) is 7.25. The van der Waals surface area contributed by atoms with Crippen LogP contribution in [0.2, 0.25) is 0 Å². The first-order valence-electron chi connectivity index (χ1n) is 9.04. The first kappa shape index (κ1) is 21.8. The molecule has 2 rings (SSSR count). The molecule has 0 radical (unpaired) electrons. The van der Waals surface area contributed by atoms with Crippen LogP contribution in [0.1, 0.15) is 36.2 Å². The minimum atomic E-state index is -0.637. The summed E-state index contributed by atoms with van der Waals surface area (Å²) in [6.45, 7) is 3.47. The summed E-state index contributed by atoms with van der Waals surface area (Å²) in [5.74, 6) is -3.99. The summed E-state index contributed by atoms with van der Waals surface area (Å²) >= 11 is 0. The van der Waals surface area contributed by atoms with E-state index in [1.54, 1.807) is 25.1 Å². The molecule has 0 unspecified atom stereocenters. The van der Waals surface area contributed by atoms with Crippen LogP contribution in [0.25, 0.3) is 6.08 Å². The molecular weight excluding hydrogens is 376 g/mol. The molecule has 0 saturated carbocycles. The molecule has 0 aliphatic rings. The molecule has 0 bridgehead atoms. The second kappa shape index (κ2) is 9.64. The zero-order chi connectivity index (χ0) is 21.6. The van der Waals surface area contributed by atoms with Crippen LogP contribution < -0.4 is 14.2 Å². The van der Waals surface area contributed by atoms with E-state index in [2.05, 4.69) is 0 Å². The Bertz CT molecular complexity index is 917. The molecule has 154 valence electrons. The first-order chi connectivity index (χ1) is 13.8. The Hall–Kier alpha value is -3.48. The van der Waals surface area contributed by atoms with Crippen LogP contribution in [0, 0.1) is 5.92 Å². The van der Waals surface area contributed by atoms with E-state index < -0.39 is 34.9 Å². The number of hydrogen-bond acceptors (Lipinski definition) is 7. The predicted octanol–water partition coefficient (Wildman–Crippen LogP) is 3.96. The average molecular weight is 400 g/mol. The SMILES string of the molecule is CC[C@@H](C)C(=O)Oc1c(O)c(OC)c(O)c(C(=O)/C=C/c2ccccc2)c1OC. The lowest BCUT2D eigenvalue weighted by Gasteiger charge is -2.19. The van der Waals surface area contributed by atoms with Gasteiger partial charge >= 0.3 is 5.97 Å². The minimum absolute atomic E-state index is 0.264. The molecule has 0 fully saturated rings. The fourth-order valence-electron chi connectivity index (χ4n) is 2.56. The van der Waals surface area contributed by atoms with Crippen molar-refractivity contribution in [1.82, 2.24) is 0 Å². The fourth-order valence-corrected chi connectivity index (χ4v) is 2.56. The Morgan fingerprint density at radius 3 is 2.17 bits per heavy atom. The first-order valence-corrected chi connectivity index (χ1v) is 9.04. The van der Waals surface area contributed by atoms with Gasteiger partial charge in [-0.1, -0.05) is 50.3 Å². The van der Waals surface area contributed by atoms with E-state index in [0.29, 0.717) is 6.42 Å². The summed E-state index contributed by atoms with van der Waals surface area (Å²) in [5.41, 5.74) is 0.481. The van der Waals surface area contributed by atoms with Crippen molar-refractivity contribution >= 4 is 17.8 Å². The highest BCUT2D eigenvalue weighted by Crippen LogP contribution is 2.52. The van der Waals surface area contributed by atoms with Crippen LogP contribution in [0.4, 0.5) is 0 Å². The highest BCUT2D eigenvalue weighted by molar-refractivity contribution is 6.12. The van der Waals surface area contributed by atoms with E-state index in [9.17, 15) is 19.8 Å². The third kappa shape index (κ3) is 4.68. The molecule has 0 saturated heterocycles. The predicted molar refractivity (Wildman–Crippen MR) is 108 cm³/mol. The lowest BCUT2D eigenvalue weighted by atomic mass is 10.0. The van der Waals surface area contributed by atoms with Crippen molar-refractivity contribution in [2.75, 3.05) is 14.2 Å². The highest BCUT2D eigenvalue weighted by Gasteiger charge is 2.31. The number of phenols is 2. The lowest BCUT2D eigenvalue weighted by Crippen LogP contribution is -2.18. The van der Waals surface area contributed by atoms with E-state index in [-0.39, 0.29) is 17.1 Å². The Balaban J connectivity index is 2.58. The smallest absolute Gasteiger partial charge is 0.314 e. The van der Waals surface area contributed by atoms with Gasteiger partial charge in [0.15, 0.2) is 17.3 Å². The maximum absolute atomic E-state index is 12.8. The van der Waals surface area contributed by atoms with Crippen molar-refractivity contribution in [3.05, 3.63) is 47.5 Å². The van der Waals surface area contributed by atoms with Crippen LogP contribution in [0.5, 0.6) is 28.7 Å². The Labute approximate surface area is 169 Å². The van der Waals surface area contributed by atoms with Crippen LogP contribution in [-0.4, -0.2) is 36.2 Å². The number of methoxy groups -OCH3 is 2. The van der Waals surface area contributed by atoms with Gasteiger partial charge in [0.05, 0.1) is 20.1 Å². The van der Waals surface area contributed by atoms with Crippen molar-refractivity contribution in [1.29, 1.82) is 0 Å². The number of ketones is 1. The zero-order valence-electron chi connectivity index (χ0n) is 16.8. The summed E-state index contributed by atoms with van der Waals surface area (Å²) in [4.78, 5) is 25.1. The summed E-state index contributed by atoms with van der Waals surface area (Å²) in [6.07, 6.45) is 3.32. The molecule has 0 amide bonds. The molecule has 0 aromatic heterocycles. The van der Waals surface area contributed by atoms with Crippen molar-refractivity contribution in [3.8, 4) is 28.7 Å². The van der Waals surface area contributed by atoms with E-state index in [1.165, 1.54) is 20.3 Å². The molecule has 2 N–H and O–H groups in total. The second-order valence-electron chi connectivity index (χ2n) is 6.31. The standard InChI is InChI=1S/C22H24O7/c1-5-13(2)22(26)29-21-18(25)20(28-4)17(24)16(19(21)27-3)15(23)12-11-14-9-7-6-8-10-14/h6-13,24-25H,5H2,1-4H3/b12-11+/t13-/m1/s1. The summed E-state index contributed by atoms with van der Waals surface area (Å²) in [7, 11) is 2.44. The number of carbonyl (C=O) groups is 2. The number of carbonyl (C=O) groups excluding carboxylic acids is 2. The van der Waals surface area contributed by atoms with Crippen molar-refractivity contribution < 1.29 is 34.0 Å². The minimum Gasteiger partial charge on any atom is -0.504 e. The summed E-state index contributed by atoms with van der Waals surface area (Å²) < 4.78 is 15.5. The van der Waals surface area contributed by atoms with Crippen LogP contribution in [-0.2, 0) is 4.79 Å². The Morgan fingerprint density at radius 2 is 1.62 bits per heavy atom. The number of ether oxygens (including phenoxy) is 3. The molecule has 7 heteroatoms. The van der Waals surface area contributed by atoms with Crippen molar-refractivity contribution in [3.63, 3.8) is 0 Å². The maximum atomic E-state index is 12.8. The third-order valence-corrected chi connectivity index (χ3v) is 4.41. The van der Waals surface area contributed by atoms with Gasteiger partial charge in [0.2, 0.25) is 17.2 Å². The molecule has 0 spiro atoms. The van der Waals surface area contributed by atoms with Crippen LogP contribution >= 0.6 is 0 Å². The van der Waals surface area contributed by atoms with Gasteiger partial charge in [-0.15, -0.1) is 0 Å². The summed E-state index contributed by atoms with van der Waals surface area (Å²) in [6, 6.07) is 9.09. The normalized spacial score (nSPS) is 11.9. The molecule has 0 heterocycles. The highest BCUT2D eigenvalue weighted by atomic mass is 16.6. The molecule has 0 aliphatic heterocycles. The number of aromatic hydroxyl groups is 2. The molecular formula is C22H24O7. The summed E-state index contributed by atoms with van der Waals surface area (Å²) in [5, 5.41) is 20.9. The van der Waals surface area contributed by atoms with Gasteiger partial charge in [0.25, 0.3) is 0 Å². The monoisotopic (exact) mass is 400 g/mol. The maximum Gasteiger partial charge on any atom is 0.314 e. The number of esters is 1. The third-order valence-electron chi connectivity index (χ3n) is 4.41. The topological polar surface area (TPSA) is 102 Å². The molecule has 7 nitrogen and oxygen atoms in total. The molecule has 2 aromatic carbocycles. The molecule has 1 atom stereocenters. The molecule has 0 aliphatic carbocycles. The number of allylic oxidation sites excluding steroid dienone is 1. The van der Waals surface area contributed by atoms with Gasteiger partial charge < -0.3 is 24.4 Å². The number of phenolic OH excluding ortho intramolecular Hbond substituents is 2. The van der Waals surface area contributed by atoms with Crippen molar-refractivity contribution in [2.24, 2.45) is 5.92 Å². The van der Waals surface area contributed by atoms with E-state index in [1.807, 2.05) is 25.1 Å². The van der Waals surface area contributed by atoms with Crippen LogP contribution in [0.15, 0.2) is 36.4 Å². The van der Waals surface area contributed by atoms with Crippen LogP contribution in [0.3, 0.4) is 0 Å². The van der Waals surface area contributed by atoms with Crippen molar-refractivity contribution in [2.45, 2.75) is 20.3 Å². The van der Waals surface area contributed by atoms with E-state index in [4.69, 9.17) is 14.2 Å². The Morgan fingerprint density at radius 1 is 1.00 bits per heavy atom. The van der Waals surface area contributed by atoms with Gasteiger partial charge in [0.1, 0.15) is 5.56 Å². The van der Waals surface area contributed by atoms with Gasteiger partial charge in [-0.05, 0) is 18.1 Å². The number of rotatable bonds is 8. The quantitative estimate of drug-likeness (QED) is 0.299. The fraction of sp³-hybridized carbons (Fsp3) is 0.273. The number of hydrogen-bond donors (Lipinski definition) is 2. The average Bonchev–Trinajstić information content (AvgIpc) is 2.73.